The van der Waals surface area contributed by atoms with Gasteiger partial charge in [0.2, 0.25) is 0 Å². The number of urea groups is 1. The molecule has 2 amide bonds. The number of sulfone groups is 1. The monoisotopic (exact) mass is 435 g/mol. The van der Waals surface area contributed by atoms with Crippen molar-refractivity contribution in [1.82, 2.24) is 10.3 Å². The normalized spacial score (nSPS) is 11.2. The van der Waals surface area contributed by atoms with Crippen LogP contribution in [0.5, 0.6) is 0 Å². The van der Waals surface area contributed by atoms with Crippen LogP contribution in [0.4, 0.5) is 23.7 Å². The van der Waals surface area contributed by atoms with Crippen molar-refractivity contribution < 1.29 is 26.4 Å². The van der Waals surface area contributed by atoms with Crippen LogP contribution in [0.3, 0.4) is 0 Å². The van der Waals surface area contributed by atoms with Gasteiger partial charge in [0.15, 0.2) is 27.3 Å². The fourth-order valence-electron chi connectivity index (χ4n) is 2.60. The summed E-state index contributed by atoms with van der Waals surface area (Å²) in [5.41, 5.74) is 0.933. The van der Waals surface area contributed by atoms with Crippen LogP contribution < -0.4 is 10.6 Å². The molecule has 30 heavy (non-hydrogen) atoms. The summed E-state index contributed by atoms with van der Waals surface area (Å²) in [4.78, 5) is 15.8. The van der Waals surface area contributed by atoms with Gasteiger partial charge in [0.1, 0.15) is 0 Å². The highest BCUT2D eigenvalue weighted by Crippen LogP contribution is 2.21. The molecule has 156 valence electrons. The zero-order chi connectivity index (χ0) is 21.7. The van der Waals surface area contributed by atoms with Crippen molar-refractivity contribution in [3.63, 3.8) is 0 Å². The zero-order valence-electron chi connectivity index (χ0n) is 15.4. The Morgan fingerprint density at radius 1 is 0.967 bits per heavy atom. The highest BCUT2D eigenvalue weighted by molar-refractivity contribution is 7.90. The summed E-state index contributed by atoms with van der Waals surface area (Å²) in [6, 6.07) is 9.58. The van der Waals surface area contributed by atoms with Crippen LogP contribution in [0, 0.1) is 17.5 Å². The van der Waals surface area contributed by atoms with Crippen molar-refractivity contribution >= 4 is 21.6 Å². The van der Waals surface area contributed by atoms with Gasteiger partial charge in [0, 0.05) is 24.6 Å². The van der Waals surface area contributed by atoms with Crippen molar-refractivity contribution in [1.29, 1.82) is 0 Å². The summed E-state index contributed by atoms with van der Waals surface area (Å²) in [6.07, 6.45) is 3.22. The number of hydrogen-bond donors (Lipinski definition) is 2. The van der Waals surface area contributed by atoms with Crippen LogP contribution in [-0.4, -0.2) is 19.4 Å². The maximum atomic E-state index is 13.3. The Hall–Kier alpha value is -3.40. The first-order valence-corrected chi connectivity index (χ1v) is 10.3. The van der Waals surface area contributed by atoms with Crippen LogP contribution in [0.2, 0.25) is 0 Å². The maximum absolute atomic E-state index is 13.3. The van der Waals surface area contributed by atoms with E-state index in [-0.39, 0.29) is 17.0 Å². The number of hydrogen-bond acceptors (Lipinski definition) is 4. The molecule has 1 aromatic heterocycles. The van der Waals surface area contributed by atoms with Gasteiger partial charge in [-0.25, -0.2) is 26.4 Å². The Morgan fingerprint density at radius 3 is 2.23 bits per heavy atom. The number of carbonyl (C=O) groups excluding carboxylic acids is 1. The number of nitrogens with zero attached hydrogens (tertiary/aromatic N) is 1. The van der Waals surface area contributed by atoms with Gasteiger partial charge in [0.05, 0.1) is 10.6 Å². The zero-order valence-corrected chi connectivity index (χ0v) is 16.2. The predicted molar refractivity (Wildman–Crippen MR) is 104 cm³/mol. The van der Waals surface area contributed by atoms with Crippen molar-refractivity contribution in [2.24, 2.45) is 0 Å². The van der Waals surface area contributed by atoms with Gasteiger partial charge in [-0.1, -0.05) is 6.07 Å². The summed E-state index contributed by atoms with van der Waals surface area (Å²) < 4.78 is 64.5. The number of nitrogens with one attached hydrogen (secondary N) is 2. The molecule has 10 heteroatoms. The van der Waals surface area contributed by atoms with Crippen LogP contribution >= 0.6 is 0 Å². The molecule has 1 heterocycles. The summed E-state index contributed by atoms with van der Waals surface area (Å²) in [6.45, 7) is 0.261. The van der Waals surface area contributed by atoms with Crippen molar-refractivity contribution in [3.05, 3.63) is 89.5 Å². The van der Waals surface area contributed by atoms with Gasteiger partial charge >= 0.3 is 6.03 Å². The molecule has 0 aliphatic carbocycles. The van der Waals surface area contributed by atoms with E-state index in [0.717, 1.165) is 5.56 Å². The first-order valence-electron chi connectivity index (χ1n) is 8.64. The lowest BCUT2D eigenvalue weighted by Gasteiger charge is -2.09. The first kappa shape index (κ1) is 21.3. The van der Waals surface area contributed by atoms with E-state index in [1.54, 1.807) is 24.5 Å². The third-order valence-corrected chi connectivity index (χ3v) is 5.75. The highest BCUT2D eigenvalue weighted by atomic mass is 32.2. The van der Waals surface area contributed by atoms with E-state index in [1.165, 1.54) is 24.3 Å². The second kappa shape index (κ2) is 8.95. The Bertz CT molecular complexity index is 1130. The number of carbonyl (C=O) groups is 1. The van der Waals surface area contributed by atoms with E-state index in [1.807, 2.05) is 0 Å². The molecule has 6 nitrogen and oxygen atoms in total. The van der Waals surface area contributed by atoms with E-state index in [9.17, 15) is 26.4 Å². The summed E-state index contributed by atoms with van der Waals surface area (Å²) in [5, 5.41) is 5.19. The third-order valence-electron chi connectivity index (χ3n) is 4.05. The molecular weight excluding hydrogens is 419 g/mol. The number of benzene rings is 2. The number of amides is 2. The van der Waals surface area contributed by atoms with Crippen molar-refractivity contribution in [2.75, 3.05) is 5.32 Å². The number of rotatable bonds is 6. The fourth-order valence-corrected chi connectivity index (χ4v) is 3.92. The number of halogens is 3. The number of pyridine rings is 1. The molecule has 0 aliphatic heterocycles. The summed E-state index contributed by atoms with van der Waals surface area (Å²) >= 11 is 0. The van der Waals surface area contributed by atoms with Gasteiger partial charge in [-0.05, 0) is 53.6 Å². The molecule has 0 fully saturated rings. The number of anilines is 1. The molecule has 0 saturated heterocycles. The average molecular weight is 435 g/mol. The lowest BCUT2D eigenvalue weighted by Crippen LogP contribution is -2.28. The van der Waals surface area contributed by atoms with Crippen molar-refractivity contribution in [2.45, 2.75) is 17.2 Å². The number of aromatic nitrogens is 1. The van der Waals surface area contributed by atoms with E-state index in [4.69, 9.17) is 0 Å². The van der Waals surface area contributed by atoms with Gasteiger partial charge in [-0.15, -0.1) is 0 Å². The average Bonchev–Trinajstić information content (AvgIpc) is 2.71. The standard InChI is InChI=1S/C20H16F3N3O3S/c21-17-8-14(9-18(22)19(17)23)12-30(28,29)16-5-3-15(4-6-16)26-20(27)25-11-13-2-1-7-24-10-13/h1-10H,11-12H2,(H2,25,26,27). The van der Waals surface area contributed by atoms with Crippen LogP contribution in [0.15, 0.2) is 65.8 Å². The second-order valence-electron chi connectivity index (χ2n) is 6.33. The molecule has 0 spiro atoms. The maximum Gasteiger partial charge on any atom is 0.319 e. The van der Waals surface area contributed by atoms with Crippen molar-refractivity contribution in [3.8, 4) is 0 Å². The SMILES string of the molecule is O=C(NCc1cccnc1)Nc1ccc(S(=O)(=O)Cc2cc(F)c(F)c(F)c2)cc1. The highest BCUT2D eigenvalue weighted by Gasteiger charge is 2.19. The van der Waals surface area contributed by atoms with Crippen LogP contribution in [0.25, 0.3) is 0 Å². The molecule has 2 N–H and O–H groups in total. The quantitative estimate of drug-likeness (QED) is 0.577. The lowest BCUT2D eigenvalue weighted by atomic mass is 10.2. The van der Waals surface area contributed by atoms with Gasteiger partial charge in [-0.3, -0.25) is 4.98 Å². The molecule has 0 atom stereocenters. The fraction of sp³-hybridized carbons (Fsp3) is 0.100. The molecule has 0 radical (unpaired) electrons. The van der Waals surface area contributed by atoms with E-state index in [0.29, 0.717) is 17.8 Å². The van der Waals surface area contributed by atoms with Gasteiger partial charge < -0.3 is 10.6 Å². The Labute approximate surface area is 170 Å². The minimum Gasteiger partial charge on any atom is -0.334 e. The summed E-state index contributed by atoms with van der Waals surface area (Å²) in [7, 11) is -3.94. The van der Waals surface area contributed by atoms with Crippen LogP contribution in [0.1, 0.15) is 11.1 Å². The minimum atomic E-state index is -3.94. The second-order valence-corrected chi connectivity index (χ2v) is 8.32. The molecule has 3 aromatic rings. The third kappa shape index (κ3) is 5.35. The molecule has 0 bridgehead atoms. The Kier molecular flexibility index (Phi) is 6.36. The van der Waals surface area contributed by atoms with E-state index >= 15 is 0 Å². The summed E-state index contributed by atoms with van der Waals surface area (Å²) in [5.74, 6) is -5.29. The Morgan fingerprint density at radius 2 is 1.63 bits per heavy atom. The molecule has 0 aliphatic rings. The molecule has 2 aromatic carbocycles. The molecule has 3 rings (SSSR count). The smallest absolute Gasteiger partial charge is 0.319 e. The topological polar surface area (TPSA) is 88.2 Å². The van der Waals surface area contributed by atoms with E-state index in [2.05, 4.69) is 15.6 Å². The molecule has 0 unspecified atom stereocenters. The molecular formula is C20H16F3N3O3S. The lowest BCUT2D eigenvalue weighted by molar-refractivity contribution is 0.251. The Balaban J connectivity index is 1.63. The molecule has 0 saturated carbocycles. The van der Waals surface area contributed by atoms with E-state index < -0.39 is 39.1 Å². The van der Waals surface area contributed by atoms with Gasteiger partial charge in [0.25, 0.3) is 0 Å². The first-order chi connectivity index (χ1) is 14.2. The largest absolute Gasteiger partial charge is 0.334 e. The minimum absolute atomic E-state index is 0.117. The van der Waals surface area contributed by atoms with Crippen LogP contribution in [-0.2, 0) is 22.1 Å². The predicted octanol–water partition coefficient (Wildman–Crippen LogP) is 3.79. The van der Waals surface area contributed by atoms with Gasteiger partial charge in [-0.2, -0.15) is 0 Å².